The summed E-state index contributed by atoms with van der Waals surface area (Å²) in [5.74, 6) is 0. The molecule has 1 N–H and O–H groups in total. The molecule has 0 radical (unpaired) electrons. The highest BCUT2D eigenvalue weighted by Gasteiger charge is 2.06. The zero-order chi connectivity index (χ0) is 5.82. The maximum atomic E-state index is 4.98. The van der Waals surface area contributed by atoms with Gasteiger partial charge in [0.05, 0.1) is 7.11 Å². The number of nitrogens with zero attached hydrogens (tertiary/aromatic N) is 1. The van der Waals surface area contributed by atoms with Crippen LogP contribution >= 0.6 is 0 Å². The van der Waals surface area contributed by atoms with Crippen LogP contribution in [0.15, 0.2) is 0 Å². The fourth-order valence-corrected chi connectivity index (χ4v) is 0.827. The molecule has 0 saturated carbocycles. The Labute approximate surface area is 56.9 Å². The maximum absolute atomic E-state index is 4.98. The van der Waals surface area contributed by atoms with Gasteiger partial charge in [-0.3, -0.25) is 0 Å². The molecule has 0 aromatic carbocycles. The smallest absolute Gasteiger partial charge is 0.0575 e. The summed E-state index contributed by atoms with van der Waals surface area (Å²) >= 11 is 0. The second-order valence-corrected chi connectivity index (χ2v) is 1.86. The number of hydroxylamine groups is 2. The third-order valence-electron chi connectivity index (χ3n) is 1.33. The van der Waals surface area contributed by atoms with Gasteiger partial charge in [-0.25, -0.2) is 0 Å². The van der Waals surface area contributed by atoms with Gasteiger partial charge in [0.25, 0.3) is 0 Å². The summed E-state index contributed by atoms with van der Waals surface area (Å²) in [6, 6.07) is 0. The lowest BCUT2D eigenvalue weighted by Crippen LogP contribution is -2.42. The average molecular weight is 132 g/mol. The average Bonchev–Trinajstić information content (AvgIpc) is 1.90. The minimum Gasteiger partial charge on any atom is -0.314 e. The van der Waals surface area contributed by atoms with Gasteiger partial charge in [0, 0.05) is 26.2 Å². The SMILES string of the molecule is C.CON1CCNCC1. The Morgan fingerprint density at radius 3 is 2.22 bits per heavy atom. The van der Waals surface area contributed by atoms with Crippen LogP contribution in [-0.2, 0) is 4.84 Å². The number of nitrogens with one attached hydrogen (secondary N) is 1. The molecule has 1 heterocycles. The van der Waals surface area contributed by atoms with Crippen molar-refractivity contribution in [2.24, 2.45) is 0 Å². The van der Waals surface area contributed by atoms with E-state index in [1.54, 1.807) is 7.11 Å². The van der Waals surface area contributed by atoms with Gasteiger partial charge in [-0.1, -0.05) is 7.43 Å². The van der Waals surface area contributed by atoms with E-state index in [0.29, 0.717) is 0 Å². The van der Waals surface area contributed by atoms with Gasteiger partial charge in [-0.05, 0) is 0 Å². The predicted octanol–water partition coefficient (Wildman–Crippen LogP) is 0.0891. The molecule has 1 fully saturated rings. The summed E-state index contributed by atoms with van der Waals surface area (Å²) in [4.78, 5) is 4.98. The van der Waals surface area contributed by atoms with Crippen molar-refractivity contribution in [3.05, 3.63) is 0 Å². The highest BCUT2D eigenvalue weighted by atomic mass is 16.7. The molecule has 1 aliphatic heterocycles. The monoisotopic (exact) mass is 132 g/mol. The molecule has 0 atom stereocenters. The highest BCUT2D eigenvalue weighted by molar-refractivity contribution is 4.59. The summed E-state index contributed by atoms with van der Waals surface area (Å²) in [6.07, 6.45) is 0. The predicted molar refractivity (Wildman–Crippen MR) is 38.2 cm³/mol. The molecule has 0 spiro atoms. The van der Waals surface area contributed by atoms with Crippen LogP contribution in [0.5, 0.6) is 0 Å². The lowest BCUT2D eigenvalue weighted by molar-refractivity contribution is -0.136. The summed E-state index contributed by atoms with van der Waals surface area (Å²) in [6.45, 7) is 4.12. The molecule has 0 aromatic heterocycles. The number of rotatable bonds is 1. The summed E-state index contributed by atoms with van der Waals surface area (Å²) in [5.41, 5.74) is 0. The molecule has 1 saturated heterocycles. The molecular formula is C6H16N2O. The summed E-state index contributed by atoms with van der Waals surface area (Å²) in [5, 5.41) is 5.18. The lowest BCUT2D eigenvalue weighted by atomic mass is 10.4. The molecule has 0 aliphatic carbocycles. The second-order valence-electron chi connectivity index (χ2n) is 1.86. The van der Waals surface area contributed by atoms with E-state index in [-0.39, 0.29) is 7.43 Å². The van der Waals surface area contributed by atoms with Crippen LogP contribution in [0.4, 0.5) is 0 Å². The zero-order valence-electron chi connectivity index (χ0n) is 5.18. The Morgan fingerprint density at radius 2 is 1.89 bits per heavy atom. The topological polar surface area (TPSA) is 24.5 Å². The molecule has 3 heteroatoms. The quantitative estimate of drug-likeness (QED) is 0.547. The van der Waals surface area contributed by atoms with Crippen molar-refractivity contribution in [1.82, 2.24) is 10.4 Å². The van der Waals surface area contributed by atoms with Crippen LogP contribution < -0.4 is 5.32 Å². The fraction of sp³-hybridized carbons (Fsp3) is 1.00. The van der Waals surface area contributed by atoms with Crippen molar-refractivity contribution < 1.29 is 4.84 Å². The van der Waals surface area contributed by atoms with Gasteiger partial charge in [0.2, 0.25) is 0 Å². The molecule has 9 heavy (non-hydrogen) atoms. The molecule has 0 aromatic rings. The van der Waals surface area contributed by atoms with Gasteiger partial charge < -0.3 is 10.2 Å². The van der Waals surface area contributed by atoms with Crippen LogP contribution in [0.25, 0.3) is 0 Å². The van der Waals surface area contributed by atoms with E-state index in [1.807, 2.05) is 5.06 Å². The fourth-order valence-electron chi connectivity index (χ4n) is 0.827. The first-order valence-corrected chi connectivity index (χ1v) is 2.93. The minimum atomic E-state index is 0. The molecule has 1 rings (SSSR count). The van der Waals surface area contributed by atoms with E-state index >= 15 is 0 Å². The van der Waals surface area contributed by atoms with Crippen LogP contribution in [0.1, 0.15) is 7.43 Å². The standard InChI is InChI=1S/C5H12N2O.CH4/c1-8-7-4-2-6-3-5-7;/h6H,2-5H2,1H3;1H4. The highest BCUT2D eigenvalue weighted by Crippen LogP contribution is 1.88. The molecule has 3 nitrogen and oxygen atoms in total. The largest absolute Gasteiger partial charge is 0.314 e. The van der Waals surface area contributed by atoms with E-state index in [0.717, 1.165) is 26.2 Å². The number of hydrogen-bond acceptors (Lipinski definition) is 3. The van der Waals surface area contributed by atoms with E-state index < -0.39 is 0 Å². The minimum absolute atomic E-state index is 0. The Morgan fingerprint density at radius 1 is 1.33 bits per heavy atom. The van der Waals surface area contributed by atoms with Crippen LogP contribution in [0, 0.1) is 0 Å². The lowest BCUT2D eigenvalue weighted by Gasteiger charge is -2.24. The van der Waals surface area contributed by atoms with Crippen LogP contribution in [-0.4, -0.2) is 38.4 Å². The van der Waals surface area contributed by atoms with Crippen molar-refractivity contribution in [1.29, 1.82) is 0 Å². The molecular weight excluding hydrogens is 116 g/mol. The van der Waals surface area contributed by atoms with E-state index in [2.05, 4.69) is 5.32 Å². The van der Waals surface area contributed by atoms with Gasteiger partial charge in [0.1, 0.15) is 0 Å². The van der Waals surface area contributed by atoms with Crippen molar-refractivity contribution in [2.45, 2.75) is 7.43 Å². The van der Waals surface area contributed by atoms with Crippen molar-refractivity contribution in [3.63, 3.8) is 0 Å². The van der Waals surface area contributed by atoms with Crippen LogP contribution in [0.2, 0.25) is 0 Å². The maximum Gasteiger partial charge on any atom is 0.0575 e. The third kappa shape index (κ3) is 2.79. The molecule has 0 unspecified atom stereocenters. The van der Waals surface area contributed by atoms with Gasteiger partial charge in [-0.2, -0.15) is 5.06 Å². The first kappa shape index (κ1) is 8.88. The van der Waals surface area contributed by atoms with Crippen molar-refractivity contribution in [2.75, 3.05) is 33.3 Å². The van der Waals surface area contributed by atoms with Crippen molar-refractivity contribution in [3.8, 4) is 0 Å². The van der Waals surface area contributed by atoms with Gasteiger partial charge >= 0.3 is 0 Å². The zero-order valence-corrected chi connectivity index (χ0v) is 5.18. The first-order valence-electron chi connectivity index (χ1n) is 2.93. The van der Waals surface area contributed by atoms with Crippen LogP contribution in [0.3, 0.4) is 0 Å². The molecule has 1 aliphatic rings. The summed E-state index contributed by atoms with van der Waals surface area (Å²) < 4.78 is 0. The third-order valence-corrected chi connectivity index (χ3v) is 1.33. The number of piperazine rings is 1. The Kier molecular flexibility index (Phi) is 4.67. The molecule has 0 bridgehead atoms. The van der Waals surface area contributed by atoms with E-state index in [4.69, 9.17) is 4.84 Å². The Bertz CT molecular complexity index is 62.1. The Hall–Kier alpha value is -0.120. The second kappa shape index (κ2) is 4.73. The molecule has 56 valence electrons. The van der Waals surface area contributed by atoms with Crippen molar-refractivity contribution >= 4 is 0 Å². The summed E-state index contributed by atoms with van der Waals surface area (Å²) in [7, 11) is 1.71. The Balaban J connectivity index is 0.000000640. The van der Waals surface area contributed by atoms with Gasteiger partial charge in [0.15, 0.2) is 0 Å². The van der Waals surface area contributed by atoms with E-state index in [9.17, 15) is 0 Å². The number of hydrogen-bond donors (Lipinski definition) is 1. The molecule has 0 amide bonds. The normalized spacial score (nSPS) is 21.0. The van der Waals surface area contributed by atoms with E-state index in [1.165, 1.54) is 0 Å². The first-order chi connectivity index (χ1) is 3.93. The van der Waals surface area contributed by atoms with Gasteiger partial charge in [-0.15, -0.1) is 0 Å².